The van der Waals surface area contributed by atoms with Crippen LogP contribution in [-0.4, -0.2) is 35.3 Å². The number of aliphatic hydroxyl groups is 1. The summed E-state index contributed by atoms with van der Waals surface area (Å²) in [5, 5.41) is 23.3. The van der Waals surface area contributed by atoms with Gasteiger partial charge in [-0.25, -0.2) is 8.42 Å². The minimum atomic E-state index is -3.78. The second-order valence-corrected chi connectivity index (χ2v) is 10.5. The number of benzene rings is 3. The largest absolute Gasteiger partial charge is 0.356 e. The summed E-state index contributed by atoms with van der Waals surface area (Å²) in [6.07, 6.45) is 0.384. The second-order valence-electron chi connectivity index (χ2n) is 8.84. The molecule has 1 atom stereocenters. The third kappa shape index (κ3) is 6.62. The molecule has 4 N–H and O–H groups in total. The first-order chi connectivity index (χ1) is 17.2. The van der Waals surface area contributed by atoms with Crippen LogP contribution >= 0.6 is 0 Å². The summed E-state index contributed by atoms with van der Waals surface area (Å²) in [7, 11) is -3.78. The number of nitrogens with one attached hydrogen (secondary N) is 3. The molecule has 0 aliphatic carbocycles. The second kappa shape index (κ2) is 11.1. The fourth-order valence-electron chi connectivity index (χ4n) is 3.65. The SMILES string of the molecule is CC(C)(NS(=O)(=O)c1ccc(-c2cccc(CNC(O)OCc3ccccc3)c2)cc1)c1cn[nH]n1. The van der Waals surface area contributed by atoms with Crippen LogP contribution in [-0.2, 0) is 33.5 Å². The summed E-state index contributed by atoms with van der Waals surface area (Å²) in [6, 6.07) is 24.1. The van der Waals surface area contributed by atoms with E-state index in [9.17, 15) is 13.5 Å². The monoisotopic (exact) mass is 507 g/mol. The minimum absolute atomic E-state index is 0.152. The van der Waals surface area contributed by atoms with E-state index in [0.717, 1.165) is 22.3 Å². The van der Waals surface area contributed by atoms with Gasteiger partial charge in [-0.1, -0.05) is 60.7 Å². The summed E-state index contributed by atoms with van der Waals surface area (Å²) in [5.41, 5.74) is 3.27. The maximum atomic E-state index is 12.9. The number of aliphatic hydroxyl groups excluding tert-OH is 1. The van der Waals surface area contributed by atoms with Gasteiger partial charge in [-0.3, -0.25) is 5.32 Å². The predicted molar refractivity (Wildman–Crippen MR) is 136 cm³/mol. The van der Waals surface area contributed by atoms with E-state index in [1.54, 1.807) is 38.1 Å². The zero-order chi connectivity index (χ0) is 25.6. The fraction of sp³-hybridized carbons (Fsp3) is 0.231. The number of aromatic nitrogens is 3. The van der Waals surface area contributed by atoms with E-state index in [4.69, 9.17) is 4.74 Å². The molecule has 9 nitrogen and oxygen atoms in total. The summed E-state index contributed by atoms with van der Waals surface area (Å²) in [5.74, 6) is 0. The fourth-order valence-corrected chi connectivity index (χ4v) is 5.04. The van der Waals surface area contributed by atoms with Gasteiger partial charge in [0.25, 0.3) is 0 Å². The molecule has 0 radical (unpaired) electrons. The van der Waals surface area contributed by atoms with Crippen LogP contribution in [0.3, 0.4) is 0 Å². The molecule has 3 aromatic carbocycles. The van der Waals surface area contributed by atoms with Crippen molar-refractivity contribution in [2.45, 2.75) is 43.8 Å². The summed E-state index contributed by atoms with van der Waals surface area (Å²) >= 11 is 0. The van der Waals surface area contributed by atoms with Gasteiger partial charge < -0.3 is 9.84 Å². The molecule has 0 fully saturated rings. The maximum absolute atomic E-state index is 12.9. The number of rotatable bonds is 11. The summed E-state index contributed by atoms with van der Waals surface area (Å²) in [6.45, 7) is 4.14. The Balaban J connectivity index is 1.37. The van der Waals surface area contributed by atoms with Gasteiger partial charge in [0, 0.05) is 6.54 Å². The Bertz CT molecular complexity index is 1360. The van der Waals surface area contributed by atoms with Crippen molar-refractivity contribution >= 4 is 10.0 Å². The highest BCUT2D eigenvalue weighted by molar-refractivity contribution is 7.89. The maximum Gasteiger partial charge on any atom is 0.241 e. The van der Waals surface area contributed by atoms with Crippen molar-refractivity contribution in [3.8, 4) is 11.1 Å². The molecule has 0 saturated heterocycles. The molecule has 10 heteroatoms. The Morgan fingerprint density at radius 1 is 0.972 bits per heavy atom. The first kappa shape index (κ1) is 25.7. The van der Waals surface area contributed by atoms with Crippen LogP contribution in [0.2, 0.25) is 0 Å². The molecule has 0 bridgehead atoms. The molecule has 36 heavy (non-hydrogen) atoms. The Labute approximate surface area is 210 Å². The number of hydrogen-bond donors (Lipinski definition) is 4. The standard InChI is InChI=1S/C26H29N5O4S/c1-26(2,24-17-28-31-29-24)30-36(33,34)23-13-11-21(12-14-23)22-10-6-9-20(15-22)16-27-25(32)35-18-19-7-4-3-5-8-19/h3-15,17,25,27,30,32H,16,18H2,1-2H3,(H,28,29,31). The highest BCUT2D eigenvalue weighted by Crippen LogP contribution is 2.25. The predicted octanol–water partition coefficient (Wildman–Crippen LogP) is 3.27. The summed E-state index contributed by atoms with van der Waals surface area (Å²) < 4.78 is 34.0. The lowest BCUT2D eigenvalue weighted by Crippen LogP contribution is -2.41. The number of ether oxygens (including phenoxy) is 1. The summed E-state index contributed by atoms with van der Waals surface area (Å²) in [4.78, 5) is 0.152. The van der Waals surface area contributed by atoms with Gasteiger partial charge in [-0.15, -0.1) is 0 Å². The quantitative estimate of drug-likeness (QED) is 0.229. The molecule has 0 saturated carbocycles. The Hall–Kier alpha value is -3.41. The van der Waals surface area contributed by atoms with E-state index in [2.05, 4.69) is 25.4 Å². The molecule has 1 unspecified atom stereocenters. The van der Waals surface area contributed by atoms with Crippen LogP contribution in [0, 0.1) is 0 Å². The van der Waals surface area contributed by atoms with Crippen molar-refractivity contribution in [2.24, 2.45) is 0 Å². The molecule has 0 amide bonds. The zero-order valence-corrected chi connectivity index (χ0v) is 20.9. The number of hydrogen-bond acceptors (Lipinski definition) is 7. The normalized spacial score (nSPS) is 13.0. The van der Waals surface area contributed by atoms with Crippen molar-refractivity contribution in [3.63, 3.8) is 0 Å². The molecular formula is C26H29N5O4S. The topological polar surface area (TPSA) is 129 Å². The van der Waals surface area contributed by atoms with Crippen molar-refractivity contribution in [3.05, 3.63) is 102 Å². The molecule has 4 rings (SSSR count). The lowest BCUT2D eigenvalue weighted by atomic mass is 10.0. The smallest absolute Gasteiger partial charge is 0.241 e. The van der Waals surface area contributed by atoms with Crippen LogP contribution in [0.15, 0.2) is 90.0 Å². The average molecular weight is 508 g/mol. The van der Waals surface area contributed by atoms with Crippen LogP contribution in [0.4, 0.5) is 0 Å². The van der Waals surface area contributed by atoms with Gasteiger partial charge in [0.2, 0.25) is 16.4 Å². The molecule has 1 heterocycles. The van der Waals surface area contributed by atoms with E-state index in [0.29, 0.717) is 18.8 Å². The van der Waals surface area contributed by atoms with Crippen LogP contribution in [0.25, 0.3) is 11.1 Å². The van der Waals surface area contributed by atoms with Gasteiger partial charge in [-0.2, -0.15) is 20.1 Å². The van der Waals surface area contributed by atoms with Gasteiger partial charge in [0.1, 0.15) is 5.69 Å². The average Bonchev–Trinajstić information content (AvgIpc) is 3.43. The van der Waals surface area contributed by atoms with Gasteiger partial charge in [0.15, 0.2) is 0 Å². The minimum Gasteiger partial charge on any atom is -0.356 e. The number of aromatic amines is 1. The van der Waals surface area contributed by atoms with E-state index in [-0.39, 0.29) is 4.90 Å². The Kier molecular flexibility index (Phi) is 7.92. The van der Waals surface area contributed by atoms with Gasteiger partial charge >= 0.3 is 0 Å². The zero-order valence-electron chi connectivity index (χ0n) is 20.0. The van der Waals surface area contributed by atoms with E-state index in [1.807, 2.05) is 54.6 Å². The van der Waals surface area contributed by atoms with E-state index >= 15 is 0 Å². The number of H-pyrrole nitrogens is 1. The first-order valence-electron chi connectivity index (χ1n) is 11.4. The van der Waals surface area contributed by atoms with Crippen molar-refractivity contribution in [1.82, 2.24) is 25.4 Å². The molecule has 0 aliphatic rings. The van der Waals surface area contributed by atoms with Crippen LogP contribution in [0.5, 0.6) is 0 Å². The van der Waals surface area contributed by atoms with Gasteiger partial charge in [0.05, 0.1) is 23.2 Å². The highest BCUT2D eigenvalue weighted by atomic mass is 32.2. The highest BCUT2D eigenvalue weighted by Gasteiger charge is 2.30. The first-order valence-corrected chi connectivity index (χ1v) is 12.9. The molecule has 188 valence electrons. The molecular weight excluding hydrogens is 478 g/mol. The molecule has 0 spiro atoms. The van der Waals surface area contributed by atoms with Crippen molar-refractivity contribution in [2.75, 3.05) is 0 Å². The molecule has 0 aliphatic heterocycles. The Morgan fingerprint density at radius 2 is 1.69 bits per heavy atom. The van der Waals surface area contributed by atoms with Crippen LogP contribution in [0.1, 0.15) is 30.7 Å². The number of sulfonamides is 1. The third-order valence-corrected chi connectivity index (χ3v) is 7.27. The Morgan fingerprint density at radius 3 is 2.39 bits per heavy atom. The number of nitrogens with zero attached hydrogens (tertiary/aromatic N) is 2. The van der Waals surface area contributed by atoms with Crippen molar-refractivity contribution in [1.29, 1.82) is 0 Å². The third-order valence-electron chi connectivity index (χ3n) is 5.60. The van der Waals surface area contributed by atoms with Gasteiger partial charge in [-0.05, 0) is 54.3 Å². The molecule has 1 aromatic heterocycles. The molecule has 4 aromatic rings. The van der Waals surface area contributed by atoms with Crippen molar-refractivity contribution < 1.29 is 18.3 Å². The van der Waals surface area contributed by atoms with E-state index < -0.39 is 22.0 Å². The van der Waals surface area contributed by atoms with Crippen LogP contribution < -0.4 is 10.0 Å². The lowest BCUT2D eigenvalue weighted by molar-refractivity contribution is -0.129. The van der Waals surface area contributed by atoms with E-state index in [1.165, 1.54) is 6.20 Å². The lowest BCUT2D eigenvalue weighted by Gasteiger charge is -2.23.